The number of carbonyl (C=O) groups excluding carboxylic acids is 1. The molecule has 0 spiro atoms. The van der Waals surface area contributed by atoms with Crippen molar-refractivity contribution in [3.63, 3.8) is 0 Å². The highest BCUT2D eigenvalue weighted by atomic mass is 35.5. The van der Waals surface area contributed by atoms with E-state index in [4.69, 9.17) is 5.73 Å². The second-order valence-electron chi connectivity index (χ2n) is 5.12. The van der Waals surface area contributed by atoms with Crippen LogP contribution in [0.4, 0.5) is 13.2 Å². The predicted octanol–water partition coefficient (Wildman–Crippen LogP) is 2.52. The first kappa shape index (κ1) is 17.8. The summed E-state index contributed by atoms with van der Waals surface area (Å²) in [6, 6.07) is 4.77. The molecule has 1 atom stereocenters. The van der Waals surface area contributed by atoms with E-state index in [1.165, 1.54) is 12.1 Å². The maximum atomic E-state index is 12.6. The van der Waals surface area contributed by atoms with Gasteiger partial charge in [-0.3, -0.25) is 4.79 Å². The molecule has 0 bridgehead atoms. The SMILES string of the molecule is Cl.NCC(NC(=O)Cc1cccc(C(F)(F)F)c1)C1CC1. The van der Waals surface area contributed by atoms with E-state index in [9.17, 15) is 18.0 Å². The molecule has 0 saturated heterocycles. The monoisotopic (exact) mass is 322 g/mol. The van der Waals surface area contributed by atoms with Gasteiger partial charge in [-0.1, -0.05) is 18.2 Å². The number of nitrogens with one attached hydrogen (secondary N) is 1. The summed E-state index contributed by atoms with van der Waals surface area (Å²) >= 11 is 0. The standard InChI is InChI=1S/C14H17F3N2O.ClH/c15-14(16,17)11-3-1-2-9(6-11)7-13(20)19-12(8-18)10-4-5-10;/h1-3,6,10,12H,4-5,7-8,18H2,(H,19,20);1H. The topological polar surface area (TPSA) is 55.1 Å². The number of alkyl halides is 3. The van der Waals surface area contributed by atoms with Crippen LogP contribution in [0.1, 0.15) is 24.0 Å². The molecule has 1 aromatic carbocycles. The molecule has 2 rings (SSSR count). The van der Waals surface area contributed by atoms with Gasteiger partial charge in [-0.05, 0) is 30.4 Å². The predicted molar refractivity (Wildman–Crippen MR) is 76.1 cm³/mol. The number of carbonyl (C=O) groups is 1. The first-order valence-electron chi connectivity index (χ1n) is 6.55. The Morgan fingerprint density at radius 3 is 2.57 bits per heavy atom. The van der Waals surface area contributed by atoms with Crippen LogP contribution in [0.25, 0.3) is 0 Å². The van der Waals surface area contributed by atoms with Gasteiger partial charge in [0.25, 0.3) is 0 Å². The Kier molecular flexibility index (Phi) is 6.04. The normalized spacial score (nSPS) is 16.0. The van der Waals surface area contributed by atoms with Crippen molar-refractivity contribution in [3.05, 3.63) is 35.4 Å². The molecule has 1 unspecified atom stereocenters. The third kappa shape index (κ3) is 5.21. The Hall–Kier alpha value is -1.27. The van der Waals surface area contributed by atoms with Crippen LogP contribution in [-0.4, -0.2) is 18.5 Å². The highest BCUT2D eigenvalue weighted by Crippen LogP contribution is 2.32. The van der Waals surface area contributed by atoms with Gasteiger partial charge < -0.3 is 11.1 Å². The average molecular weight is 323 g/mol. The summed E-state index contributed by atoms with van der Waals surface area (Å²) in [7, 11) is 0. The molecule has 21 heavy (non-hydrogen) atoms. The minimum absolute atomic E-state index is 0. The van der Waals surface area contributed by atoms with Crippen LogP contribution in [0.2, 0.25) is 0 Å². The fourth-order valence-electron chi connectivity index (χ4n) is 2.17. The summed E-state index contributed by atoms with van der Waals surface area (Å²) in [6.07, 6.45) is -2.36. The van der Waals surface area contributed by atoms with Gasteiger partial charge >= 0.3 is 6.18 Å². The van der Waals surface area contributed by atoms with Crippen LogP contribution in [-0.2, 0) is 17.4 Å². The molecule has 0 aromatic heterocycles. The van der Waals surface area contributed by atoms with Crippen LogP contribution in [0, 0.1) is 5.92 Å². The lowest BCUT2D eigenvalue weighted by Crippen LogP contribution is -2.42. The molecule has 1 aliphatic rings. The molecule has 1 fully saturated rings. The Labute approximate surface area is 127 Å². The molecular weight excluding hydrogens is 305 g/mol. The maximum absolute atomic E-state index is 12.6. The fraction of sp³-hybridized carbons (Fsp3) is 0.500. The highest BCUT2D eigenvalue weighted by Gasteiger charge is 2.32. The van der Waals surface area contributed by atoms with Crippen molar-refractivity contribution < 1.29 is 18.0 Å². The summed E-state index contributed by atoms with van der Waals surface area (Å²) in [4.78, 5) is 11.8. The van der Waals surface area contributed by atoms with E-state index in [1.54, 1.807) is 0 Å². The van der Waals surface area contributed by atoms with Gasteiger partial charge in [0.05, 0.1) is 12.0 Å². The molecule has 0 radical (unpaired) electrons. The molecular formula is C14H18ClF3N2O. The smallest absolute Gasteiger partial charge is 0.352 e. The quantitative estimate of drug-likeness (QED) is 0.875. The van der Waals surface area contributed by atoms with Gasteiger partial charge in [0, 0.05) is 12.6 Å². The number of hydrogen-bond donors (Lipinski definition) is 2. The number of halogens is 4. The van der Waals surface area contributed by atoms with Crippen molar-refractivity contribution in [2.75, 3.05) is 6.54 Å². The van der Waals surface area contributed by atoms with Gasteiger partial charge in [-0.25, -0.2) is 0 Å². The van der Waals surface area contributed by atoms with Gasteiger partial charge in [0.15, 0.2) is 0 Å². The molecule has 7 heteroatoms. The van der Waals surface area contributed by atoms with E-state index in [2.05, 4.69) is 5.32 Å². The molecule has 1 aliphatic carbocycles. The lowest BCUT2D eigenvalue weighted by Gasteiger charge is -2.16. The fourth-order valence-corrected chi connectivity index (χ4v) is 2.17. The van der Waals surface area contributed by atoms with Crippen LogP contribution in [0.15, 0.2) is 24.3 Å². The van der Waals surface area contributed by atoms with E-state index >= 15 is 0 Å². The molecule has 1 aromatic rings. The van der Waals surface area contributed by atoms with Crippen molar-refractivity contribution in [2.24, 2.45) is 11.7 Å². The van der Waals surface area contributed by atoms with E-state index < -0.39 is 11.7 Å². The molecule has 3 nitrogen and oxygen atoms in total. The largest absolute Gasteiger partial charge is 0.416 e. The minimum atomic E-state index is -4.39. The zero-order valence-corrected chi connectivity index (χ0v) is 12.1. The second kappa shape index (κ2) is 7.13. The van der Waals surface area contributed by atoms with E-state index in [0.29, 0.717) is 18.0 Å². The van der Waals surface area contributed by atoms with Crippen LogP contribution >= 0.6 is 12.4 Å². The second-order valence-corrected chi connectivity index (χ2v) is 5.12. The molecule has 0 heterocycles. The Morgan fingerprint density at radius 1 is 1.38 bits per heavy atom. The Bertz CT molecular complexity index is 489. The summed E-state index contributed by atoms with van der Waals surface area (Å²) in [5.41, 5.74) is 5.19. The number of nitrogens with two attached hydrogens (primary N) is 1. The highest BCUT2D eigenvalue weighted by molar-refractivity contribution is 5.85. The third-order valence-electron chi connectivity index (χ3n) is 3.41. The summed E-state index contributed by atoms with van der Waals surface area (Å²) in [5, 5.41) is 2.79. The van der Waals surface area contributed by atoms with Crippen LogP contribution in [0.5, 0.6) is 0 Å². The minimum Gasteiger partial charge on any atom is -0.352 e. The molecule has 1 saturated carbocycles. The molecule has 0 aliphatic heterocycles. The van der Waals surface area contributed by atoms with Gasteiger partial charge in [0.2, 0.25) is 5.91 Å². The van der Waals surface area contributed by atoms with E-state index in [0.717, 1.165) is 25.0 Å². The average Bonchev–Trinajstić information content (AvgIpc) is 3.19. The van der Waals surface area contributed by atoms with Crippen LogP contribution < -0.4 is 11.1 Å². The number of rotatable bonds is 5. The summed E-state index contributed by atoms with van der Waals surface area (Å²) < 4.78 is 37.7. The zero-order valence-electron chi connectivity index (χ0n) is 11.3. The lowest BCUT2D eigenvalue weighted by atomic mass is 10.1. The zero-order chi connectivity index (χ0) is 14.8. The molecule has 3 N–H and O–H groups in total. The van der Waals surface area contributed by atoms with Crippen molar-refractivity contribution in [1.29, 1.82) is 0 Å². The Balaban J connectivity index is 0.00000220. The molecule has 118 valence electrons. The first-order chi connectivity index (χ1) is 9.40. The van der Waals surface area contributed by atoms with Crippen molar-refractivity contribution in [1.82, 2.24) is 5.32 Å². The summed E-state index contributed by atoms with van der Waals surface area (Å²) in [6.45, 7) is 0.360. The van der Waals surface area contributed by atoms with Gasteiger partial charge in [-0.2, -0.15) is 13.2 Å². The number of hydrogen-bond acceptors (Lipinski definition) is 2. The maximum Gasteiger partial charge on any atom is 0.416 e. The van der Waals surface area contributed by atoms with E-state index in [1.807, 2.05) is 0 Å². The van der Waals surface area contributed by atoms with Crippen molar-refractivity contribution in [3.8, 4) is 0 Å². The lowest BCUT2D eigenvalue weighted by molar-refractivity contribution is -0.137. The first-order valence-corrected chi connectivity index (χ1v) is 6.55. The van der Waals surface area contributed by atoms with Crippen molar-refractivity contribution in [2.45, 2.75) is 31.5 Å². The van der Waals surface area contributed by atoms with Crippen molar-refractivity contribution >= 4 is 18.3 Å². The van der Waals surface area contributed by atoms with Gasteiger partial charge in [0.1, 0.15) is 0 Å². The Morgan fingerprint density at radius 2 is 2.05 bits per heavy atom. The number of amides is 1. The third-order valence-corrected chi connectivity index (χ3v) is 3.41. The number of benzene rings is 1. The van der Waals surface area contributed by atoms with Gasteiger partial charge in [-0.15, -0.1) is 12.4 Å². The summed E-state index contributed by atoms with van der Waals surface area (Å²) in [5.74, 6) is 0.136. The molecule has 1 amide bonds. The van der Waals surface area contributed by atoms with Crippen LogP contribution in [0.3, 0.4) is 0 Å². The van der Waals surface area contributed by atoms with E-state index in [-0.39, 0.29) is 30.8 Å².